The number of sulfonamides is 1. The second-order valence-corrected chi connectivity index (χ2v) is 9.68. The van der Waals surface area contributed by atoms with Crippen LogP contribution in [0.3, 0.4) is 0 Å². The van der Waals surface area contributed by atoms with Crippen LogP contribution in [-0.2, 0) is 10.0 Å². The fourth-order valence-electron chi connectivity index (χ4n) is 3.44. The number of para-hydroxylation sites is 1. The summed E-state index contributed by atoms with van der Waals surface area (Å²) in [5.74, 6) is -0.307. The molecule has 162 valence electrons. The molecule has 3 rings (SSSR count). The summed E-state index contributed by atoms with van der Waals surface area (Å²) in [5, 5.41) is 6.27. The maximum Gasteiger partial charge on any atom is 0.251 e. The van der Waals surface area contributed by atoms with Crippen molar-refractivity contribution in [1.29, 1.82) is 0 Å². The molecule has 1 aliphatic heterocycles. The quantitative estimate of drug-likeness (QED) is 0.594. The number of anilines is 1. The third kappa shape index (κ3) is 5.97. The summed E-state index contributed by atoms with van der Waals surface area (Å²) < 4.78 is 27.6. The second-order valence-electron chi connectivity index (χ2n) is 7.37. The van der Waals surface area contributed by atoms with Gasteiger partial charge in [-0.05, 0) is 49.6 Å². The highest BCUT2D eigenvalue weighted by atomic mass is 35.5. The largest absolute Gasteiger partial charge is 0.385 e. The number of hydrogen-bond donors (Lipinski definition) is 2. The van der Waals surface area contributed by atoms with E-state index < -0.39 is 10.0 Å². The van der Waals surface area contributed by atoms with Gasteiger partial charge in [0.05, 0.1) is 5.02 Å². The van der Waals surface area contributed by atoms with Crippen molar-refractivity contribution in [2.24, 2.45) is 0 Å². The van der Waals surface area contributed by atoms with Crippen LogP contribution in [0, 0.1) is 0 Å². The number of rotatable bonds is 8. The molecule has 2 N–H and O–H groups in total. The fourth-order valence-corrected chi connectivity index (χ4v) is 5.46. The number of nitrogens with one attached hydrogen (secondary N) is 2. The van der Waals surface area contributed by atoms with E-state index in [1.54, 1.807) is 6.07 Å². The van der Waals surface area contributed by atoms with Crippen molar-refractivity contribution in [1.82, 2.24) is 9.62 Å². The molecule has 0 saturated carbocycles. The van der Waals surface area contributed by atoms with E-state index in [-0.39, 0.29) is 15.8 Å². The molecule has 0 unspecified atom stereocenters. The molecule has 1 fully saturated rings. The Morgan fingerprint density at radius 3 is 2.37 bits per heavy atom. The first kappa shape index (κ1) is 22.6. The molecule has 2 aromatic carbocycles. The Balaban J connectivity index is 1.59. The molecule has 0 aliphatic carbocycles. The number of nitrogens with zero attached hydrogens (tertiary/aromatic N) is 1. The first-order valence-electron chi connectivity index (χ1n) is 10.4. The van der Waals surface area contributed by atoms with Crippen molar-refractivity contribution in [2.45, 2.75) is 37.0 Å². The molecular formula is C22H28ClN3O3S. The fraction of sp³-hybridized carbons (Fsp3) is 0.409. The van der Waals surface area contributed by atoms with Gasteiger partial charge in [0.2, 0.25) is 10.0 Å². The van der Waals surface area contributed by atoms with Crippen LogP contribution in [0.15, 0.2) is 53.4 Å². The predicted molar refractivity (Wildman–Crippen MR) is 121 cm³/mol. The van der Waals surface area contributed by atoms with Crippen LogP contribution >= 0.6 is 11.6 Å². The van der Waals surface area contributed by atoms with Crippen LogP contribution in [0.25, 0.3) is 0 Å². The van der Waals surface area contributed by atoms with Crippen molar-refractivity contribution in [3.05, 3.63) is 59.1 Å². The van der Waals surface area contributed by atoms with Crippen LogP contribution in [0.1, 0.15) is 42.5 Å². The van der Waals surface area contributed by atoms with Crippen LogP contribution < -0.4 is 10.6 Å². The molecule has 0 aromatic heterocycles. The van der Waals surface area contributed by atoms with Gasteiger partial charge >= 0.3 is 0 Å². The Morgan fingerprint density at radius 2 is 1.67 bits per heavy atom. The van der Waals surface area contributed by atoms with Gasteiger partial charge in [-0.1, -0.05) is 42.6 Å². The molecule has 8 heteroatoms. The second kappa shape index (κ2) is 10.8. The van der Waals surface area contributed by atoms with E-state index >= 15 is 0 Å². The van der Waals surface area contributed by atoms with E-state index in [0.29, 0.717) is 25.2 Å². The summed E-state index contributed by atoms with van der Waals surface area (Å²) in [6, 6.07) is 14.3. The first-order chi connectivity index (χ1) is 14.5. The summed E-state index contributed by atoms with van der Waals surface area (Å²) >= 11 is 6.20. The molecule has 1 saturated heterocycles. The van der Waals surface area contributed by atoms with Gasteiger partial charge in [0.25, 0.3) is 5.91 Å². The smallest absolute Gasteiger partial charge is 0.251 e. The third-order valence-electron chi connectivity index (χ3n) is 5.12. The van der Waals surface area contributed by atoms with E-state index in [2.05, 4.69) is 10.6 Å². The van der Waals surface area contributed by atoms with E-state index in [9.17, 15) is 13.2 Å². The lowest BCUT2D eigenvalue weighted by Gasteiger charge is -2.21. The molecule has 1 aliphatic rings. The zero-order valence-corrected chi connectivity index (χ0v) is 18.5. The Hall–Kier alpha value is -2.09. The summed E-state index contributed by atoms with van der Waals surface area (Å²) in [6.45, 7) is 2.18. The zero-order chi connectivity index (χ0) is 21.4. The number of carbonyl (C=O) groups is 1. The molecule has 2 aromatic rings. The molecule has 1 heterocycles. The van der Waals surface area contributed by atoms with E-state index in [1.807, 2.05) is 30.3 Å². The topological polar surface area (TPSA) is 78.5 Å². The Kier molecular flexibility index (Phi) is 8.13. The average molecular weight is 450 g/mol. The normalized spacial score (nSPS) is 15.4. The molecule has 0 radical (unpaired) electrons. The van der Waals surface area contributed by atoms with Crippen molar-refractivity contribution < 1.29 is 13.2 Å². The lowest BCUT2D eigenvalue weighted by Crippen LogP contribution is -2.32. The van der Waals surface area contributed by atoms with E-state index in [1.165, 1.54) is 16.4 Å². The maximum atomic E-state index is 13.1. The average Bonchev–Trinajstić information content (AvgIpc) is 3.04. The summed E-state index contributed by atoms with van der Waals surface area (Å²) in [6.07, 6.45) is 4.48. The minimum absolute atomic E-state index is 0.00413. The highest BCUT2D eigenvalue weighted by Gasteiger charge is 2.28. The lowest BCUT2D eigenvalue weighted by atomic mass is 10.2. The highest BCUT2D eigenvalue weighted by molar-refractivity contribution is 7.89. The van der Waals surface area contributed by atoms with Gasteiger partial charge in [-0.3, -0.25) is 4.79 Å². The minimum atomic E-state index is -3.72. The van der Waals surface area contributed by atoms with Crippen molar-refractivity contribution in [3.63, 3.8) is 0 Å². The Labute approximate surface area is 183 Å². The highest BCUT2D eigenvalue weighted by Crippen LogP contribution is 2.27. The van der Waals surface area contributed by atoms with Gasteiger partial charge < -0.3 is 10.6 Å². The van der Waals surface area contributed by atoms with E-state index in [0.717, 1.165) is 44.3 Å². The van der Waals surface area contributed by atoms with Gasteiger partial charge in [-0.2, -0.15) is 4.31 Å². The van der Waals surface area contributed by atoms with Crippen molar-refractivity contribution >= 4 is 33.2 Å². The Morgan fingerprint density at radius 1 is 0.967 bits per heavy atom. The van der Waals surface area contributed by atoms with Crippen LogP contribution in [0.2, 0.25) is 5.02 Å². The SMILES string of the molecule is O=C(NCCCNc1ccccc1)c1ccc(Cl)c(S(=O)(=O)N2CCCCCC2)c1. The standard InChI is InChI=1S/C22H28ClN3O3S/c23-20-12-11-18(17-21(20)30(28,29)26-15-6-1-2-7-16-26)22(27)25-14-8-13-24-19-9-4-3-5-10-19/h3-5,9-12,17,24H,1-2,6-8,13-16H2,(H,25,27). The Bertz CT molecular complexity index is 943. The van der Waals surface area contributed by atoms with Crippen molar-refractivity contribution in [2.75, 3.05) is 31.5 Å². The molecular weight excluding hydrogens is 422 g/mol. The number of benzene rings is 2. The number of halogens is 1. The molecule has 30 heavy (non-hydrogen) atoms. The van der Waals surface area contributed by atoms with Gasteiger partial charge in [-0.25, -0.2) is 8.42 Å². The predicted octanol–water partition coefficient (Wildman–Crippen LogP) is 4.14. The molecule has 6 nitrogen and oxygen atoms in total. The summed E-state index contributed by atoms with van der Waals surface area (Å²) in [7, 11) is -3.72. The monoisotopic (exact) mass is 449 g/mol. The minimum Gasteiger partial charge on any atom is -0.385 e. The van der Waals surface area contributed by atoms with Crippen LogP contribution in [-0.4, -0.2) is 44.8 Å². The summed E-state index contributed by atoms with van der Waals surface area (Å²) in [5.41, 5.74) is 1.33. The number of amides is 1. The molecule has 0 bridgehead atoms. The first-order valence-corrected chi connectivity index (χ1v) is 12.2. The molecule has 1 amide bonds. The molecule has 0 spiro atoms. The molecule has 0 atom stereocenters. The zero-order valence-electron chi connectivity index (χ0n) is 16.9. The van der Waals surface area contributed by atoms with E-state index in [4.69, 9.17) is 11.6 Å². The van der Waals surface area contributed by atoms with Crippen LogP contribution in [0.4, 0.5) is 5.69 Å². The van der Waals surface area contributed by atoms with Crippen molar-refractivity contribution in [3.8, 4) is 0 Å². The van der Waals surface area contributed by atoms with Gasteiger partial charge in [0.15, 0.2) is 0 Å². The van der Waals surface area contributed by atoms with Gasteiger partial charge in [-0.15, -0.1) is 0 Å². The third-order valence-corrected chi connectivity index (χ3v) is 7.50. The summed E-state index contributed by atoms with van der Waals surface area (Å²) in [4.78, 5) is 12.5. The van der Waals surface area contributed by atoms with Gasteiger partial charge in [0, 0.05) is 37.4 Å². The maximum absolute atomic E-state index is 13.1. The van der Waals surface area contributed by atoms with Gasteiger partial charge in [0.1, 0.15) is 4.90 Å². The van der Waals surface area contributed by atoms with Crippen LogP contribution in [0.5, 0.6) is 0 Å². The number of hydrogen-bond acceptors (Lipinski definition) is 4. The lowest BCUT2D eigenvalue weighted by molar-refractivity contribution is 0.0953. The number of carbonyl (C=O) groups excluding carboxylic acids is 1.